The fourth-order valence-corrected chi connectivity index (χ4v) is 7.07. The van der Waals surface area contributed by atoms with Crippen LogP contribution in [0.25, 0.3) is 0 Å². The number of carbonyl (C=O) groups excluding carboxylic acids is 4. The molecule has 0 aromatic rings. The van der Waals surface area contributed by atoms with E-state index in [1.165, 1.54) is 0 Å². The standard InChI is InChI=1S/C32H44O10/c1-29(2,3)39-25(33)17-18(26(34)40-30(4,5)6)22-14-13(21(17)37-22)15-16(14)24-20(28(36)42-32(10,11)12)19(23(15)38-24)27(35)41-31(7,8)9/h13-16,21-24H,1-12H3. The van der Waals surface area contributed by atoms with Crippen molar-refractivity contribution in [2.45, 2.75) is 130 Å². The zero-order valence-corrected chi connectivity index (χ0v) is 26.7. The van der Waals surface area contributed by atoms with E-state index in [-0.39, 0.29) is 46.0 Å². The second-order valence-corrected chi connectivity index (χ2v) is 15.9. The minimum atomic E-state index is -0.795. The Bertz CT molecular complexity index is 1090. The van der Waals surface area contributed by atoms with Crippen LogP contribution in [0, 0.1) is 23.7 Å². The summed E-state index contributed by atoms with van der Waals surface area (Å²) in [5, 5.41) is 0. The van der Waals surface area contributed by atoms with Crippen LogP contribution in [0.3, 0.4) is 0 Å². The molecular formula is C32H44O10. The molecular weight excluding hydrogens is 544 g/mol. The lowest BCUT2D eigenvalue weighted by Gasteiger charge is -2.52. The molecule has 10 heteroatoms. The van der Waals surface area contributed by atoms with E-state index in [4.69, 9.17) is 28.4 Å². The lowest BCUT2D eigenvalue weighted by Crippen LogP contribution is -2.60. The van der Waals surface area contributed by atoms with Crippen molar-refractivity contribution in [2.75, 3.05) is 0 Å². The third-order valence-electron chi connectivity index (χ3n) is 7.96. The fourth-order valence-electron chi connectivity index (χ4n) is 7.07. The molecule has 232 valence electrons. The molecule has 4 unspecified atom stereocenters. The average molecular weight is 589 g/mol. The predicted molar refractivity (Wildman–Crippen MR) is 149 cm³/mol. The Morgan fingerprint density at radius 3 is 0.714 bits per heavy atom. The quantitative estimate of drug-likeness (QED) is 0.352. The summed E-state index contributed by atoms with van der Waals surface area (Å²) in [5.41, 5.74) is -2.51. The van der Waals surface area contributed by atoms with Crippen LogP contribution in [-0.2, 0) is 47.6 Å². The first-order valence-corrected chi connectivity index (χ1v) is 14.7. The van der Waals surface area contributed by atoms with Crippen molar-refractivity contribution < 1.29 is 47.6 Å². The number of hydrogen-bond donors (Lipinski definition) is 0. The number of hydrogen-bond acceptors (Lipinski definition) is 10. The second-order valence-electron chi connectivity index (χ2n) is 15.9. The molecule has 1 saturated carbocycles. The zero-order valence-electron chi connectivity index (χ0n) is 26.7. The number of ether oxygens (including phenoxy) is 6. The first kappa shape index (κ1) is 30.7. The number of fused-ring (bicyclic) bond motifs is 12. The van der Waals surface area contributed by atoms with E-state index in [1.54, 1.807) is 83.1 Å². The van der Waals surface area contributed by atoms with E-state index >= 15 is 0 Å². The normalized spacial score (nSPS) is 33.2. The number of carbonyl (C=O) groups is 4. The van der Waals surface area contributed by atoms with Gasteiger partial charge in [-0.25, -0.2) is 19.2 Å². The smallest absolute Gasteiger partial charge is 0.337 e. The molecule has 5 rings (SSSR count). The summed E-state index contributed by atoms with van der Waals surface area (Å²) < 4.78 is 35.6. The molecule has 0 aromatic heterocycles. The maximum absolute atomic E-state index is 13.5. The van der Waals surface area contributed by atoms with Crippen molar-refractivity contribution >= 4 is 23.9 Å². The van der Waals surface area contributed by atoms with E-state index in [9.17, 15) is 19.2 Å². The minimum Gasteiger partial charge on any atom is -0.457 e. The molecule has 4 aliphatic heterocycles. The van der Waals surface area contributed by atoms with E-state index in [1.807, 2.05) is 0 Å². The first-order chi connectivity index (χ1) is 19.0. The Kier molecular flexibility index (Phi) is 6.87. The van der Waals surface area contributed by atoms with Gasteiger partial charge in [-0.05, 0) is 83.1 Å². The Labute approximate surface area is 247 Å². The Hall–Kier alpha value is -2.72. The third-order valence-corrected chi connectivity index (χ3v) is 7.96. The van der Waals surface area contributed by atoms with Gasteiger partial charge >= 0.3 is 23.9 Å². The summed E-state index contributed by atoms with van der Waals surface area (Å²) >= 11 is 0. The Morgan fingerprint density at radius 1 is 0.405 bits per heavy atom. The Balaban J connectivity index is 1.54. The monoisotopic (exact) mass is 588 g/mol. The maximum atomic E-state index is 13.5. The van der Waals surface area contributed by atoms with Gasteiger partial charge in [-0.1, -0.05) is 0 Å². The highest BCUT2D eigenvalue weighted by Gasteiger charge is 2.77. The molecule has 10 nitrogen and oxygen atoms in total. The van der Waals surface area contributed by atoms with Gasteiger partial charge in [0, 0.05) is 23.7 Å². The predicted octanol–water partition coefficient (Wildman–Crippen LogP) is 3.99. The molecule has 3 fully saturated rings. The highest BCUT2D eigenvalue weighted by Crippen LogP contribution is 2.70. The minimum absolute atomic E-state index is 0.168. The van der Waals surface area contributed by atoms with Crippen LogP contribution < -0.4 is 0 Å². The van der Waals surface area contributed by atoms with Crippen LogP contribution in [0.15, 0.2) is 22.3 Å². The molecule has 0 N–H and O–H groups in total. The van der Waals surface area contributed by atoms with Crippen LogP contribution in [0.1, 0.15) is 83.1 Å². The van der Waals surface area contributed by atoms with Gasteiger partial charge in [0.15, 0.2) is 0 Å². The summed E-state index contributed by atoms with van der Waals surface area (Å²) in [7, 11) is 0. The van der Waals surface area contributed by atoms with Crippen molar-refractivity contribution in [1.29, 1.82) is 0 Å². The van der Waals surface area contributed by atoms with Crippen molar-refractivity contribution in [3.63, 3.8) is 0 Å². The molecule has 4 atom stereocenters. The molecule has 4 heterocycles. The molecule has 0 spiro atoms. The largest absolute Gasteiger partial charge is 0.457 e. The van der Waals surface area contributed by atoms with Crippen molar-refractivity contribution in [2.24, 2.45) is 23.7 Å². The average Bonchev–Trinajstić information content (AvgIpc) is 3.43. The summed E-state index contributed by atoms with van der Waals surface area (Å²) in [5.74, 6) is -3.39. The maximum Gasteiger partial charge on any atom is 0.337 e. The van der Waals surface area contributed by atoms with Crippen molar-refractivity contribution in [1.82, 2.24) is 0 Å². The summed E-state index contributed by atoms with van der Waals surface area (Å²) in [6, 6.07) is 0. The fraction of sp³-hybridized carbons (Fsp3) is 0.750. The van der Waals surface area contributed by atoms with Gasteiger partial charge in [0.1, 0.15) is 22.4 Å². The summed E-state index contributed by atoms with van der Waals surface area (Å²) in [6.07, 6.45) is -2.92. The van der Waals surface area contributed by atoms with E-state index < -0.39 is 70.7 Å². The topological polar surface area (TPSA) is 124 Å². The second kappa shape index (κ2) is 9.39. The van der Waals surface area contributed by atoms with Gasteiger partial charge in [0.25, 0.3) is 0 Å². The molecule has 0 aromatic carbocycles. The molecule has 0 amide bonds. The van der Waals surface area contributed by atoms with Crippen LogP contribution in [-0.4, -0.2) is 70.7 Å². The molecule has 0 radical (unpaired) electrons. The van der Waals surface area contributed by atoms with Crippen molar-refractivity contribution in [3.05, 3.63) is 22.3 Å². The number of rotatable bonds is 4. The van der Waals surface area contributed by atoms with E-state index in [0.29, 0.717) is 0 Å². The lowest BCUT2D eigenvalue weighted by atomic mass is 9.47. The third kappa shape index (κ3) is 5.19. The van der Waals surface area contributed by atoms with Gasteiger partial charge in [-0.3, -0.25) is 0 Å². The molecule has 1 aliphatic carbocycles. The van der Waals surface area contributed by atoms with Gasteiger partial charge in [-0.2, -0.15) is 0 Å². The van der Waals surface area contributed by atoms with Crippen LogP contribution >= 0.6 is 0 Å². The zero-order chi connectivity index (χ0) is 31.5. The lowest BCUT2D eigenvalue weighted by molar-refractivity contribution is -0.156. The van der Waals surface area contributed by atoms with Crippen LogP contribution in [0.2, 0.25) is 0 Å². The molecule has 5 aliphatic rings. The molecule has 2 saturated heterocycles. The van der Waals surface area contributed by atoms with Gasteiger partial charge in [-0.15, -0.1) is 0 Å². The first-order valence-electron chi connectivity index (χ1n) is 14.7. The van der Waals surface area contributed by atoms with E-state index in [0.717, 1.165) is 0 Å². The molecule has 4 bridgehead atoms. The van der Waals surface area contributed by atoms with Crippen molar-refractivity contribution in [3.8, 4) is 0 Å². The van der Waals surface area contributed by atoms with Crippen LogP contribution in [0.4, 0.5) is 0 Å². The number of esters is 4. The SMILES string of the molecule is CC(C)(C)OC(=O)C1=C(C(=O)OC(C)(C)C)C2OC1C1C2C2C3OC(C(C(=O)OC(C)(C)C)=C3C(=O)OC(C)(C)C)C12. The van der Waals surface area contributed by atoms with Gasteiger partial charge < -0.3 is 28.4 Å². The van der Waals surface area contributed by atoms with Gasteiger partial charge in [0.05, 0.1) is 46.7 Å². The summed E-state index contributed by atoms with van der Waals surface area (Å²) in [4.78, 5) is 54.1. The highest BCUT2D eigenvalue weighted by molar-refractivity contribution is 6.05. The van der Waals surface area contributed by atoms with Crippen LogP contribution in [0.5, 0.6) is 0 Å². The van der Waals surface area contributed by atoms with E-state index in [2.05, 4.69) is 0 Å². The summed E-state index contributed by atoms with van der Waals surface area (Å²) in [6.45, 7) is 21.1. The molecule has 42 heavy (non-hydrogen) atoms. The Morgan fingerprint density at radius 2 is 0.571 bits per heavy atom. The highest BCUT2D eigenvalue weighted by atomic mass is 16.6. The van der Waals surface area contributed by atoms with Gasteiger partial charge in [0.2, 0.25) is 0 Å².